The predicted octanol–water partition coefficient (Wildman–Crippen LogP) is 10.7. The predicted molar refractivity (Wildman–Crippen MR) is 256 cm³/mol. The number of ether oxygens (including phenoxy) is 1. The summed E-state index contributed by atoms with van der Waals surface area (Å²) < 4.78 is 5.47. The maximum absolute atomic E-state index is 13.5. The van der Waals surface area contributed by atoms with Crippen molar-refractivity contribution in [2.45, 2.75) is 33.1 Å². The van der Waals surface area contributed by atoms with Crippen molar-refractivity contribution in [1.82, 2.24) is 9.97 Å². The molecule has 2 amide bonds. The lowest BCUT2D eigenvalue weighted by molar-refractivity contribution is -0.116. The summed E-state index contributed by atoms with van der Waals surface area (Å²) in [7, 11) is 1.32. The number of nitrogens with one attached hydrogen (secondary N) is 5. The van der Waals surface area contributed by atoms with Gasteiger partial charge in [-0.1, -0.05) is 96.4 Å². The molecule has 2 aromatic heterocycles. The van der Waals surface area contributed by atoms with E-state index in [1.807, 2.05) is 48.6 Å². The Morgan fingerprint density at radius 3 is 2.15 bits per heavy atom. The summed E-state index contributed by atoms with van der Waals surface area (Å²) in [6.45, 7) is 4.53. The Balaban J connectivity index is 1.05. The number of azo groups is 1. The van der Waals surface area contributed by atoms with Crippen molar-refractivity contribution in [1.29, 1.82) is 0 Å². The number of aromatic nitrogens is 2. The van der Waals surface area contributed by atoms with Gasteiger partial charge in [0.25, 0.3) is 5.91 Å². The Bertz CT molecular complexity index is 3190. The lowest BCUT2D eigenvalue weighted by Gasteiger charge is -2.22. The molecule has 0 bridgehead atoms. The van der Waals surface area contributed by atoms with Crippen LogP contribution in [-0.2, 0) is 14.4 Å². The largest absolute Gasteiger partial charge is 0.510 e. The fraction of sp³-hybridized carbons (Fsp3) is 0.149. The number of rotatable bonds is 13. The molecule has 6 N–H and O–H groups in total. The number of hydrazone groups is 1. The van der Waals surface area contributed by atoms with Gasteiger partial charge in [-0.25, -0.2) is 0 Å². The number of benzene rings is 4. The standard InChI is InChI=1S/C47H39Cl3N8O7/c1-23-10-8-9-13-27(23)29-17-44(62)52-37-20-40(33(49)15-31(29)37)57-58-46(25(3)60)47(64)54-41-18-34(50)38(21-42(41)65-4)53-45(63)22-35(24(2)59)55-56-39-19-36-30(14-32(39)48)28(16-43(61)51-36)26-11-6-5-7-12-26/h5-21,23,27,56,60H,22H2,1-4H3,(H,51,61)(H,52,62)(H,53,63)(H,54,64)/b46-25?,55-35+,58-57?. The van der Waals surface area contributed by atoms with Gasteiger partial charge in [0.15, 0.2) is 11.5 Å². The molecule has 18 heteroatoms. The third kappa shape index (κ3) is 10.4. The minimum absolute atomic E-state index is 0.0287. The van der Waals surface area contributed by atoms with E-state index in [1.54, 1.807) is 24.3 Å². The van der Waals surface area contributed by atoms with Crippen molar-refractivity contribution >= 4 is 103 Å². The van der Waals surface area contributed by atoms with Crippen molar-refractivity contribution in [2.24, 2.45) is 21.2 Å². The summed E-state index contributed by atoms with van der Waals surface area (Å²) in [6, 6.07) is 21.5. The smallest absolute Gasteiger partial charge is 0.279 e. The lowest BCUT2D eigenvalue weighted by Crippen LogP contribution is -2.22. The lowest BCUT2D eigenvalue weighted by atomic mass is 9.83. The SMILES string of the molecule is COc1cc(NC(=O)C/C(=N\Nc2cc3[nH]c(=O)cc(-c4ccccc4)c3cc2Cl)C(C)=O)c(Cl)cc1NC(=O)C(N=Nc1cc2[nH]c(=O)cc(C3C=CC=CC3C)c2cc1Cl)=C(C)O. The average Bonchev–Trinajstić information content (AvgIpc) is 3.26. The number of H-pyrrole nitrogens is 2. The van der Waals surface area contributed by atoms with E-state index in [2.05, 4.69) is 54.4 Å². The quantitative estimate of drug-likeness (QED) is 0.0215. The molecule has 7 rings (SSSR count). The fourth-order valence-corrected chi connectivity index (χ4v) is 7.79. The van der Waals surface area contributed by atoms with E-state index in [0.717, 1.165) is 11.1 Å². The van der Waals surface area contributed by atoms with Gasteiger partial charge in [0.1, 0.15) is 22.9 Å². The van der Waals surface area contributed by atoms with Crippen molar-refractivity contribution in [3.05, 3.63) is 156 Å². The number of carbonyl (C=O) groups excluding carboxylic acids is 3. The molecule has 0 spiro atoms. The number of carbonyl (C=O) groups is 3. The van der Waals surface area contributed by atoms with Gasteiger partial charge in [-0.05, 0) is 59.9 Å². The Morgan fingerprint density at radius 2 is 1.46 bits per heavy atom. The number of hydrogen-bond donors (Lipinski definition) is 6. The highest BCUT2D eigenvalue weighted by Crippen LogP contribution is 2.39. The Morgan fingerprint density at radius 1 is 0.785 bits per heavy atom. The van der Waals surface area contributed by atoms with Crippen LogP contribution in [0.2, 0.25) is 15.1 Å². The van der Waals surface area contributed by atoms with Gasteiger partial charge in [0.2, 0.25) is 17.0 Å². The molecule has 0 saturated heterocycles. The highest BCUT2D eigenvalue weighted by atomic mass is 35.5. The molecule has 1 aliphatic carbocycles. The van der Waals surface area contributed by atoms with Crippen LogP contribution in [0.15, 0.2) is 140 Å². The van der Waals surface area contributed by atoms with Crippen LogP contribution in [-0.4, -0.2) is 45.5 Å². The maximum Gasteiger partial charge on any atom is 0.279 e. The van der Waals surface area contributed by atoms with Gasteiger partial charge < -0.3 is 30.4 Å². The molecule has 0 fully saturated rings. The van der Waals surface area contributed by atoms with Gasteiger partial charge in [0.05, 0.1) is 56.7 Å². The second kappa shape index (κ2) is 19.6. The van der Waals surface area contributed by atoms with E-state index in [-0.39, 0.29) is 72.2 Å². The first kappa shape index (κ1) is 45.7. The van der Waals surface area contributed by atoms with Crippen molar-refractivity contribution < 1.29 is 24.2 Å². The summed E-state index contributed by atoms with van der Waals surface area (Å²) in [4.78, 5) is 70.2. The molecule has 65 heavy (non-hydrogen) atoms. The minimum atomic E-state index is -0.900. The van der Waals surface area contributed by atoms with Gasteiger partial charge in [-0.2, -0.15) is 5.10 Å². The zero-order chi connectivity index (χ0) is 46.5. The van der Waals surface area contributed by atoms with Crippen LogP contribution in [0.25, 0.3) is 32.9 Å². The van der Waals surface area contributed by atoms with E-state index in [1.165, 1.54) is 45.2 Å². The molecule has 0 saturated carbocycles. The molecule has 15 nitrogen and oxygen atoms in total. The normalized spacial score (nSPS) is 15.3. The average molecular weight is 934 g/mol. The third-order valence-corrected chi connectivity index (χ3v) is 11.3. The number of methoxy groups -OCH3 is 1. The number of halogens is 3. The number of aromatic amines is 2. The van der Waals surface area contributed by atoms with E-state index in [0.29, 0.717) is 27.4 Å². The number of allylic oxidation sites excluding steroid dienone is 5. The highest BCUT2D eigenvalue weighted by Gasteiger charge is 2.23. The van der Waals surface area contributed by atoms with Crippen LogP contribution >= 0.6 is 34.8 Å². The molecular formula is C47H39Cl3N8O7. The summed E-state index contributed by atoms with van der Waals surface area (Å²) in [5.41, 5.74) is 5.16. The first-order chi connectivity index (χ1) is 31.1. The highest BCUT2D eigenvalue weighted by molar-refractivity contribution is 6.43. The molecule has 2 heterocycles. The second-order valence-corrected chi connectivity index (χ2v) is 16.2. The van der Waals surface area contributed by atoms with Crippen LogP contribution in [0.3, 0.4) is 0 Å². The summed E-state index contributed by atoms with van der Waals surface area (Å²) in [5.74, 6) is -2.44. The number of hydrogen-bond acceptors (Lipinski definition) is 11. The maximum atomic E-state index is 13.5. The number of nitrogens with zero attached hydrogens (tertiary/aromatic N) is 3. The van der Waals surface area contributed by atoms with Crippen molar-refractivity contribution in [3.8, 4) is 16.9 Å². The molecule has 2 atom stereocenters. The zero-order valence-electron chi connectivity index (χ0n) is 35.0. The molecule has 0 aliphatic heterocycles. The van der Waals surface area contributed by atoms with Gasteiger partial charge in [-0.3, -0.25) is 29.4 Å². The van der Waals surface area contributed by atoms with E-state index in [9.17, 15) is 29.1 Å². The summed E-state index contributed by atoms with van der Waals surface area (Å²) >= 11 is 19.8. The first-order valence-electron chi connectivity index (χ1n) is 19.9. The number of ketones is 1. The third-order valence-electron chi connectivity index (χ3n) is 10.4. The number of Topliss-reactive ketones (excluding diaryl/α,β-unsaturated/α-hetero) is 1. The van der Waals surface area contributed by atoms with Gasteiger partial charge in [0, 0.05) is 41.8 Å². The molecule has 330 valence electrons. The number of fused-ring (bicyclic) bond motifs is 2. The second-order valence-electron chi connectivity index (χ2n) is 15.0. The van der Waals surface area contributed by atoms with Crippen molar-refractivity contribution in [3.63, 3.8) is 0 Å². The van der Waals surface area contributed by atoms with Crippen LogP contribution in [0.4, 0.5) is 22.7 Å². The molecule has 0 radical (unpaired) electrons. The van der Waals surface area contributed by atoms with E-state index in [4.69, 9.17) is 39.5 Å². The molecular weight excluding hydrogens is 895 g/mol. The Kier molecular flexibility index (Phi) is 13.8. The molecule has 6 aromatic rings. The zero-order valence-corrected chi connectivity index (χ0v) is 37.3. The summed E-state index contributed by atoms with van der Waals surface area (Å²) in [6.07, 6.45) is 7.47. The van der Waals surface area contributed by atoms with Crippen LogP contribution in [0.1, 0.15) is 38.7 Å². The number of aliphatic hydroxyl groups excluding tert-OH is 1. The topological polar surface area (TPSA) is 220 Å². The Hall–Kier alpha value is -7.33. The fourth-order valence-electron chi connectivity index (χ4n) is 7.17. The van der Waals surface area contributed by atoms with E-state index >= 15 is 0 Å². The molecule has 4 aromatic carbocycles. The van der Waals surface area contributed by atoms with E-state index < -0.39 is 35.5 Å². The van der Waals surface area contributed by atoms with Crippen LogP contribution in [0, 0.1) is 5.92 Å². The van der Waals surface area contributed by atoms with Crippen LogP contribution in [0.5, 0.6) is 5.75 Å². The Labute approximate surface area is 385 Å². The number of pyridine rings is 2. The molecule has 1 aliphatic rings. The summed E-state index contributed by atoms with van der Waals surface area (Å²) in [5, 5.41) is 29.8. The van der Waals surface area contributed by atoms with Crippen LogP contribution < -0.4 is 31.9 Å². The first-order valence-corrected chi connectivity index (χ1v) is 21.0. The van der Waals surface area contributed by atoms with Crippen molar-refractivity contribution in [2.75, 3.05) is 23.2 Å². The molecule has 2 unspecified atom stereocenters. The number of amides is 2. The number of aliphatic hydroxyl groups is 1. The number of anilines is 3. The minimum Gasteiger partial charge on any atom is -0.510 e. The monoisotopic (exact) mass is 932 g/mol. The van der Waals surface area contributed by atoms with Gasteiger partial charge >= 0.3 is 0 Å². The van der Waals surface area contributed by atoms with Gasteiger partial charge in [-0.15, -0.1) is 10.2 Å².